The normalized spacial score (nSPS) is 15.5. The number of hydrogen-bond donors (Lipinski definition) is 1. The van der Waals surface area contributed by atoms with Gasteiger partial charge < -0.3 is 5.32 Å². The van der Waals surface area contributed by atoms with E-state index >= 15 is 0 Å². The molecule has 0 unspecified atom stereocenters. The molecule has 9 heteroatoms. The van der Waals surface area contributed by atoms with Crippen molar-refractivity contribution in [3.8, 4) is 0 Å². The molecule has 2 aromatic heterocycles. The number of halogens is 3. The monoisotopic (exact) mass is 487 g/mol. The number of amides is 2. The van der Waals surface area contributed by atoms with Crippen LogP contribution < -0.4 is 10.2 Å². The van der Waals surface area contributed by atoms with Crippen molar-refractivity contribution in [3.63, 3.8) is 0 Å². The first kappa shape index (κ1) is 23.9. The van der Waals surface area contributed by atoms with E-state index in [0.29, 0.717) is 4.88 Å². The number of hydrogen-bond acceptors (Lipinski definition) is 4. The van der Waals surface area contributed by atoms with Crippen LogP contribution in [0.1, 0.15) is 59.1 Å². The zero-order valence-electron chi connectivity index (χ0n) is 18.3. The summed E-state index contributed by atoms with van der Waals surface area (Å²) in [4.78, 5) is 33.0. The Hall–Kier alpha value is -3.20. The molecular formula is C25H24F3N3O2S. The van der Waals surface area contributed by atoms with Crippen LogP contribution in [0.5, 0.6) is 0 Å². The van der Waals surface area contributed by atoms with Crippen molar-refractivity contribution in [1.82, 2.24) is 10.3 Å². The van der Waals surface area contributed by atoms with Crippen LogP contribution in [-0.4, -0.2) is 22.8 Å². The minimum absolute atomic E-state index is 0.0253. The van der Waals surface area contributed by atoms with Crippen LogP contribution in [0.3, 0.4) is 0 Å². The molecule has 0 saturated heterocycles. The molecule has 178 valence electrons. The van der Waals surface area contributed by atoms with E-state index in [-0.39, 0.29) is 17.4 Å². The summed E-state index contributed by atoms with van der Waals surface area (Å²) >= 11 is 1.27. The fourth-order valence-corrected chi connectivity index (χ4v) is 4.99. The molecule has 0 spiro atoms. The van der Waals surface area contributed by atoms with E-state index in [1.165, 1.54) is 35.7 Å². The maximum Gasteiger partial charge on any atom is 0.416 e. The highest BCUT2D eigenvalue weighted by Crippen LogP contribution is 2.36. The van der Waals surface area contributed by atoms with Gasteiger partial charge in [0.05, 0.1) is 5.56 Å². The Labute approximate surface area is 199 Å². The number of carbonyl (C=O) groups is 2. The third-order valence-electron chi connectivity index (χ3n) is 5.83. The number of aromatic nitrogens is 1. The second-order valence-electron chi connectivity index (χ2n) is 8.20. The van der Waals surface area contributed by atoms with Crippen LogP contribution in [0.2, 0.25) is 0 Å². The van der Waals surface area contributed by atoms with Gasteiger partial charge in [-0.05, 0) is 54.6 Å². The van der Waals surface area contributed by atoms with Gasteiger partial charge in [-0.3, -0.25) is 19.5 Å². The second-order valence-corrected chi connectivity index (χ2v) is 9.18. The molecule has 1 aliphatic carbocycles. The maximum absolute atomic E-state index is 13.6. The lowest BCUT2D eigenvalue weighted by Crippen LogP contribution is -2.47. The van der Waals surface area contributed by atoms with Crippen molar-refractivity contribution >= 4 is 28.8 Å². The molecule has 5 nitrogen and oxygen atoms in total. The number of benzene rings is 1. The van der Waals surface area contributed by atoms with Gasteiger partial charge in [-0.15, -0.1) is 11.3 Å². The van der Waals surface area contributed by atoms with Crippen molar-refractivity contribution < 1.29 is 22.8 Å². The zero-order chi connectivity index (χ0) is 24.1. The molecule has 1 fully saturated rings. The number of pyridine rings is 1. The molecule has 1 atom stereocenters. The molecular weight excluding hydrogens is 463 g/mol. The highest BCUT2D eigenvalue weighted by atomic mass is 32.1. The van der Waals surface area contributed by atoms with Crippen LogP contribution in [0, 0.1) is 0 Å². The molecule has 1 N–H and O–H groups in total. The van der Waals surface area contributed by atoms with E-state index in [1.54, 1.807) is 29.6 Å². The second kappa shape index (κ2) is 10.4. The summed E-state index contributed by atoms with van der Waals surface area (Å²) in [6.45, 7) is 0. The third-order valence-corrected chi connectivity index (χ3v) is 6.75. The molecule has 4 rings (SSSR count). The van der Waals surface area contributed by atoms with Gasteiger partial charge in [-0.1, -0.05) is 37.5 Å². The van der Waals surface area contributed by atoms with E-state index in [9.17, 15) is 22.8 Å². The van der Waals surface area contributed by atoms with Gasteiger partial charge in [0, 0.05) is 22.8 Å². The quantitative estimate of drug-likeness (QED) is 0.464. The third kappa shape index (κ3) is 5.47. The van der Waals surface area contributed by atoms with Gasteiger partial charge in [0.15, 0.2) is 6.04 Å². The number of nitrogens with zero attached hydrogens (tertiary/aromatic N) is 2. The Morgan fingerprint density at radius 2 is 1.82 bits per heavy atom. The van der Waals surface area contributed by atoms with Crippen molar-refractivity contribution in [2.45, 2.75) is 50.4 Å². The van der Waals surface area contributed by atoms with Crippen molar-refractivity contribution in [2.24, 2.45) is 0 Å². The summed E-state index contributed by atoms with van der Waals surface area (Å²) in [5.74, 6) is -1.08. The Balaban J connectivity index is 1.80. The number of nitrogens with one attached hydrogen (secondary N) is 1. The van der Waals surface area contributed by atoms with Crippen LogP contribution >= 0.6 is 11.3 Å². The Bertz CT molecular complexity index is 1110. The average Bonchev–Trinajstić information content (AvgIpc) is 3.37. The smallest absolute Gasteiger partial charge is 0.351 e. The summed E-state index contributed by atoms with van der Waals surface area (Å²) in [6, 6.07) is 11.5. The van der Waals surface area contributed by atoms with Gasteiger partial charge in [0.25, 0.3) is 5.91 Å². The van der Waals surface area contributed by atoms with Gasteiger partial charge in [0.1, 0.15) is 5.69 Å². The predicted molar refractivity (Wildman–Crippen MR) is 125 cm³/mol. The standard InChI is InChI=1S/C25H24F3N3O2S/c26-25(27,28)17-8-6-11-19(16-17)31(24(33)20-12-4-5-14-29-20)22(21-13-7-15-34-21)23(32)30-18-9-2-1-3-10-18/h4-8,11-16,18,22H,1-3,9-10H2,(H,30,32)/t22-/m0/s1. The van der Waals surface area contributed by atoms with Crippen LogP contribution in [0.4, 0.5) is 18.9 Å². The SMILES string of the molecule is O=C(NC1CCCCC1)[C@H](c1cccs1)N(C(=O)c1ccccn1)c1cccc(C(F)(F)F)c1. The molecule has 2 heterocycles. The molecule has 2 amide bonds. The number of rotatable bonds is 6. The number of thiophene rings is 1. The molecule has 3 aromatic rings. The summed E-state index contributed by atoms with van der Waals surface area (Å²) in [5.41, 5.74) is -0.893. The summed E-state index contributed by atoms with van der Waals surface area (Å²) in [5, 5.41) is 4.81. The molecule has 1 aliphatic rings. The first-order chi connectivity index (χ1) is 16.3. The van der Waals surface area contributed by atoms with Gasteiger partial charge in [-0.25, -0.2) is 0 Å². The lowest BCUT2D eigenvalue weighted by atomic mass is 9.95. The van der Waals surface area contributed by atoms with Crippen molar-refractivity contribution in [3.05, 3.63) is 82.3 Å². The highest BCUT2D eigenvalue weighted by Gasteiger charge is 2.37. The van der Waals surface area contributed by atoms with Crippen molar-refractivity contribution in [1.29, 1.82) is 0 Å². The largest absolute Gasteiger partial charge is 0.416 e. The van der Waals surface area contributed by atoms with Crippen molar-refractivity contribution in [2.75, 3.05) is 4.90 Å². The van der Waals surface area contributed by atoms with E-state index in [4.69, 9.17) is 0 Å². The number of anilines is 1. The Morgan fingerprint density at radius 3 is 2.47 bits per heavy atom. The molecule has 1 saturated carbocycles. The molecule has 0 radical (unpaired) electrons. The average molecular weight is 488 g/mol. The van der Waals surface area contributed by atoms with E-state index < -0.39 is 29.6 Å². The van der Waals surface area contributed by atoms with E-state index in [2.05, 4.69) is 10.3 Å². The van der Waals surface area contributed by atoms with Gasteiger partial charge in [0.2, 0.25) is 5.91 Å². The lowest BCUT2D eigenvalue weighted by molar-refractivity contribution is -0.137. The van der Waals surface area contributed by atoms with Crippen LogP contribution in [0.15, 0.2) is 66.2 Å². The fraction of sp³-hybridized carbons (Fsp3) is 0.320. The number of alkyl halides is 3. The van der Waals surface area contributed by atoms with Crippen LogP contribution in [0.25, 0.3) is 0 Å². The fourth-order valence-electron chi connectivity index (χ4n) is 4.18. The minimum Gasteiger partial charge on any atom is -0.351 e. The van der Waals surface area contributed by atoms with E-state index in [0.717, 1.165) is 49.1 Å². The highest BCUT2D eigenvalue weighted by molar-refractivity contribution is 7.10. The van der Waals surface area contributed by atoms with Crippen LogP contribution in [-0.2, 0) is 11.0 Å². The number of carbonyl (C=O) groups excluding carboxylic acids is 2. The summed E-state index contributed by atoms with van der Waals surface area (Å²) in [7, 11) is 0. The topological polar surface area (TPSA) is 62.3 Å². The minimum atomic E-state index is -4.60. The van der Waals surface area contributed by atoms with Gasteiger partial charge in [-0.2, -0.15) is 13.2 Å². The molecule has 0 aliphatic heterocycles. The summed E-state index contributed by atoms with van der Waals surface area (Å²) in [6.07, 6.45) is 1.60. The predicted octanol–water partition coefficient (Wildman–Crippen LogP) is 6.00. The summed E-state index contributed by atoms with van der Waals surface area (Å²) < 4.78 is 40.5. The zero-order valence-corrected chi connectivity index (χ0v) is 19.1. The Kier molecular flexibility index (Phi) is 7.31. The van der Waals surface area contributed by atoms with E-state index in [1.807, 2.05) is 0 Å². The molecule has 34 heavy (non-hydrogen) atoms. The maximum atomic E-state index is 13.6. The molecule has 0 bridgehead atoms. The Morgan fingerprint density at radius 1 is 1.03 bits per heavy atom. The molecule has 1 aromatic carbocycles. The van der Waals surface area contributed by atoms with Gasteiger partial charge >= 0.3 is 6.18 Å². The first-order valence-electron chi connectivity index (χ1n) is 11.1. The first-order valence-corrected chi connectivity index (χ1v) is 12.0. The lowest BCUT2D eigenvalue weighted by Gasteiger charge is -2.32.